The van der Waals surface area contributed by atoms with Gasteiger partial charge < -0.3 is 0 Å². The Labute approximate surface area is 2010 Å². The monoisotopic (exact) mass is 1810 g/mol. The number of rotatable bonds is 0. The van der Waals surface area contributed by atoms with Crippen molar-refractivity contribution in [2.24, 2.45) is 0 Å². The Morgan fingerprint density at radius 1 is 0.0426 bits per heavy atom. The quantitative estimate of drug-likeness (QED) is 0.212. The molecule has 0 radical (unpaired) electrons. The third-order valence-electron chi connectivity index (χ3n) is 0. The molecule has 64 valence electrons. The van der Waals surface area contributed by atoms with Crippen molar-refractivity contribution in [3.63, 3.8) is 0 Å². The van der Waals surface area contributed by atoms with Crippen molar-refractivity contribution >= 4 is 99.3 Å². The largest absolute Gasteiger partial charge is 1.00 e. The van der Waals surface area contributed by atoms with Crippen molar-refractivity contribution in [1.82, 2.24) is 0 Å². The SMILES string of the molecule is Cl.Cl.Cl.Cl.Cl.Cl.Cl.Cl.[K+].[K+].[K+].[K+].[K+].[K+].[K+].[K+].[K+].[K+].[K+].[K+].[K+].[K+].[K+].[K+].[K+].[K+].[K+].[K+].[K+].[K+].[K+].[K+].[K+].[K+].[K+].[K+].[K+].[K+].[K+].[K+].[K+].[K+].[K+].[K+].[K+].[K+].[K+]. The molecule has 0 aliphatic heterocycles. The average molecular weight is 1820 g/mol. The molecule has 0 aromatic heterocycles. The van der Waals surface area contributed by atoms with Gasteiger partial charge in [-0.2, -0.15) is 0 Å². The second-order valence-electron chi connectivity index (χ2n) is 0. The Morgan fingerprint density at radius 2 is 0.0426 bits per heavy atom. The van der Waals surface area contributed by atoms with E-state index in [-0.39, 0.29) is 2100 Å². The second kappa shape index (κ2) is 317. The molecule has 0 aromatic carbocycles. The Morgan fingerprint density at radius 3 is 0.0426 bits per heavy atom. The molecule has 0 heterocycles. The molecule has 0 aromatic rings. The van der Waals surface area contributed by atoms with Gasteiger partial charge in [0.05, 0.1) is 0 Å². The van der Waals surface area contributed by atoms with Gasteiger partial charge in [0.15, 0.2) is 0 Å². The summed E-state index contributed by atoms with van der Waals surface area (Å²) in [5.41, 5.74) is 0. The van der Waals surface area contributed by atoms with Gasteiger partial charge in [-0.1, -0.05) is 0 Å². The van der Waals surface area contributed by atoms with Crippen molar-refractivity contribution in [3.8, 4) is 0 Å². The van der Waals surface area contributed by atoms with Gasteiger partial charge >= 0.3 is 2000 Å². The van der Waals surface area contributed by atoms with Crippen molar-refractivity contribution in [3.05, 3.63) is 0 Å². The second-order valence-corrected chi connectivity index (χ2v) is 0. The summed E-state index contributed by atoms with van der Waals surface area (Å²) in [6, 6.07) is 0. The van der Waals surface area contributed by atoms with Crippen LogP contribution < -0.4 is 2000 Å². The van der Waals surface area contributed by atoms with E-state index in [1.165, 1.54) is 0 Å². The minimum atomic E-state index is 0. The summed E-state index contributed by atoms with van der Waals surface area (Å²) in [5, 5.41) is 0. The van der Waals surface area contributed by atoms with Crippen LogP contribution in [0.2, 0.25) is 0 Å². The molecule has 0 saturated carbocycles. The summed E-state index contributed by atoms with van der Waals surface area (Å²) in [6.45, 7) is 0. The molecule has 0 bridgehead atoms. The van der Waals surface area contributed by atoms with Crippen LogP contribution in [0, 0.1) is 0 Å². The van der Waals surface area contributed by atoms with E-state index >= 15 is 0 Å². The van der Waals surface area contributed by atoms with Crippen molar-refractivity contribution in [1.29, 1.82) is 0 Å². The first-order valence-corrected chi connectivity index (χ1v) is 0. The van der Waals surface area contributed by atoms with Crippen LogP contribution in [-0.4, -0.2) is 0 Å². The van der Waals surface area contributed by atoms with E-state index in [0.29, 0.717) is 0 Å². The third-order valence-corrected chi connectivity index (χ3v) is 0. The predicted octanol–water partition coefficient (Wildman–Crippen LogP) is -113. The topological polar surface area (TPSA) is 0 Å². The first-order chi connectivity index (χ1) is 0. The minimum absolute atomic E-state index is 0. The third kappa shape index (κ3) is 311. The molecule has 0 nitrogen and oxygen atoms in total. The Hall–Kier alpha value is 66.1. The molecule has 0 fully saturated rings. The zero-order valence-corrected chi connectivity index (χ0v) is 171. The summed E-state index contributed by atoms with van der Waals surface area (Å²) >= 11 is 0. The first kappa shape index (κ1) is 325. The summed E-state index contributed by atoms with van der Waals surface area (Å²) in [7, 11) is 0. The summed E-state index contributed by atoms with van der Waals surface area (Å²) in [4.78, 5) is 0. The van der Waals surface area contributed by atoms with Crippen LogP contribution in [0.15, 0.2) is 0 Å². The van der Waals surface area contributed by atoms with Crippen LogP contribution in [0.4, 0.5) is 0 Å². The number of hydrogen-bond acceptors (Lipinski definition) is 0. The van der Waals surface area contributed by atoms with Crippen LogP contribution in [-0.2, 0) is 0 Å². The molecule has 47 heavy (non-hydrogen) atoms. The molecule has 0 amide bonds. The molecule has 0 aliphatic carbocycles. The fourth-order valence-electron chi connectivity index (χ4n) is 0. The van der Waals surface area contributed by atoms with E-state index in [1.54, 1.807) is 0 Å². The number of halogens is 8. The Kier molecular flexibility index (Phi) is 2190. The van der Waals surface area contributed by atoms with E-state index in [9.17, 15) is 0 Å². The van der Waals surface area contributed by atoms with Crippen molar-refractivity contribution < 1.29 is 2000 Å². The standard InChI is InChI=1S/8ClH.39K/h8*1H;;;;;;;;;;;;;;;;;;;;;;;;;;;;;;;;;;;;;;;/q;;;;;;;;39*+1. The van der Waals surface area contributed by atoms with Gasteiger partial charge in [0.2, 0.25) is 0 Å². The van der Waals surface area contributed by atoms with Crippen LogP contribution in [0.1, 0.15) is 0 Å². The van der Waals surface area contributed by atoms with Gasteiger partial charge in [-0.05, 0) is 0 Å². The maximum absolute atomic E-state index is 0. The molecule has 0 aliphatic rings. The van der Waals surface area contributed by atoms with Crippen LogP contribution in [0.25, 0.3) is 0 Å². The molecule has 0 rings (SSSR count). The molecule has 0 N–H and O–H groups in total. The molecule has 0 spiro atoms. The van der Waals surface area contributed by atoms with Crippen molar-refractivity contribution in [2.45, 2.75) is 0 Å². The fourth-order valence-corrected chi connectivity index (χ4v) is 0. The normalized spacial score (nSPS) is 0. The Balaban J connectivity index is 0. The Bertz CT molecular complexity index is 30.9. The fraction of sp³-hybridized carbons (Fsp3) is 0. The van der Waals surface area contributed by atoms with Crippen molar-refractivity contribution in [2.75, 3.05) is 0 Å². The van der Waals surface area contributed by atoms with E-state index < -0.39 is 0 Å². The molecule has 47 heteroatoms. The molecular weight excluding hydrogens is 1810 g/mol. The van der Waals surface area contributed by atoms with E-state index in [1.807, 2.05) is 0 Å². The van der Waals surface area contributed by atoms with E-state index in [0.717, 1.165) is 0 Å². The van der Waals surface area contributed by atoms with Crippen LogP contribution >= 0.6 is 99.3 Å². The van der Waals surface area contributed by atoms with Crippen LogP contribution in [0.3, 0.4) is 0 Å². The zero-order chi connectivity index (χ0) is 0. The van der Waals surface area contributed by atoms with Gasteiger partial charge in [0, 0.05) is 0 Å². The number of hydrogen-bond donors (Lipinski definition) is 0. The van der Waals surface area contributed by atoms with Gasteiger partial charge in [0.1, 0.15) is 0 Å². The minimum Gasteiger partial charge on any atom is -0.147 e. The zero-order valence-electron chi connectivity index (χ0n) is 42.3. The maximum Gasteiger partial charge on any atom is 1.00 e. The van der Waals surface area contributed by atoms with Gasteiger partial charge in [-0.15, -0.1) is 99.3 Å². The molecule has 0 saturated heterocycles. The maximum atomic E-state index is 0. The van der Waals surface area contributed by atoms with Crippen LogP contribution in [0.5, 0.6) is 0 Å². The molecule has 0 unspecified atom stereocenters. The van der Waals surface area contributed by atoms with E-state index in [4.69, 9.17) is 0 Å². The molecule has 0 atom stereocenters. The van der Waals surface area contributed by atoms with Gasteiger partial charge in [-0.25, -0.2) is 0 Å². The summed E-state index contributed by atoms with van der Waals surface area (Å²) < 4.78 is 0. The molecular formula is H8Cl8K39+39. The summed E-state index contributed by atoms with van der Waals surface area (Å²) in [6.07, 6.45) is 0. The van der Waals surface area contributed by atoms with E-state index in [2.05, 4.69) is 0 Å². The summed E-state index contributed by atoms with van der Waals surface area (Å²) in [5.74, 6) is 0. The smallest absolute Gasteiger partial charge is 0.147 e. The predicted molar refractivity (Wildman–Crippen MR) is 58.0 cm³/mol. The average Bonchev–Trinajstić information content (AvgIpc) is 0. The first-order valence-electron chi connectivity index (χ1n) is 0. The van der Waals surface area contributed by atoms with Gasteiger partial charge in [0.25, 0.3) is 0 Å². The van der Waals surface area contributed by atoms with Gasteiger partial charge in [-0.3, -0.25) is 0 Å².